The summed E-state index contributed by atoms with van der Waals surface area (Å²) in [4.78, 5) is 105. The van der Waals surface area contributed by atoms with Crippen molar-refractivity contribution in [3.8, 4) is 17.6 Å². The van der Waals surface area contributed by atoms with E-state index < -0.39 is 83.3 Å². The van der Waals surface area contributed by atoms with E-state index in [1.165, 1.54) is 12.1 Å². The Morgan fingerprint density at radius 1 is 0.760 bits per heavy atom. The average Bonchev–Trinajstić information content (AvgIpc) is 3.95. The predicted molar refractivity (Wildman–Crippen MR) is 273 cm³/mol. The van der Waals surface area contributed by atoms with E-state index >= 15 is 19.2 Å². The maximum absolute atomic E-state index is 16.8. The van der Waals surface area contributed by atoms with Gasteiger partial charge >= 0.3 is 23.9 Å². The lowest BCUT2D eigenvalue weighted by Crippen LogP contribution is -2.59. The van der Waals surface area contributed by atoms with Crippen LogP contribution in [-0.4, -0.2) is 107 Å². The van der Waals surface area contributed by atoms with E-state index in [1.54, 1.807) is 60.6 Å². The number of methoxy groups -OCH3 is 2. The maximum atomic E-state index is 16.8. The van der Waals surface area contributed by atoms with Crippen LogP contribution in [0.5, 0.6) is 5.75 Å². The van der Waals surface area contributed by atoms with Gasteiger partial charge in [-0.3, -0.25) is 28.9 Å². The van der Waals surface area contributed by atoms with Crippen molar-refractivity contribution in [2.75, 3.05) is 50.2 Å². The predicted octanol–water partition coefficient (Wildman–Crippen LogP) is 6.37. The molecule has 3 saturated heterocycles. The van der Waals surface area contributed by atoms with Gasteiger partial charge in [0.2, 0.25) is 17.8 Å². The monoisotopic (exact) mass is 1010 g/mol. The highest BCUT2D eigenvalue weighted by molar-refractivity contribution is 6.24. The standard InChI is InChI=1S/C58H53N7O10/c1-36(38-16-7-4-8-17-38)61-57(72)64-45-28-23-37(15-13-22-43(52(68)73-2)53(69)74-3)35-44(45)58(55(64)71)46(51(67)62-31-33-63(34-32-62)56-59-29-14-30-60-56)48-54(70)75-49(40-20-11-6-12-21-40)47(39-18-9-5-10-19-39)65(48)50(58)41-24-26-42(66)27-25-41/h4-12,14,16-21,23-30,35-36,43,46-50,66H,22,31-34H2,1-3H3,(H,61,72). The third-order valence-corrected chi connectivity index (χ3v) is 14.7. The van der Waals surface area contributed by atoms with Crippen LogP contribution in [0, 0.1) is 23.7 Å². The number of amides is 4. The summed E-state index contributed by atoms with van der Waals surface area (Å²) in [5.74, 6) is -0.277. The lowest BCUT2D eigenvalue weighted by atomic mass is 9.64. The molecule has 4 amide bonds. The molecule has 1 spiro atoms. The van der Waals surface area contributed by atoms with Crippen LogP contribution >= 0.6 is 0 Å². The van der Waals surface area contributed by atoms with Crippen LogP contribution in [0.3, 0.4) is 0 Å². The van der Waals surface area contributed by atoms with Crippen molar-refractivity contribution in [1.82, 2.24) is 25.1 Å². The topological polar surface area (TPSA) is 201 Å². The first kappa shape index (κ1) is 49.7. The van der Waals surface area contributed by atoms with Gasteiger partial charge < -0.3 is 34.4 Å². The van der Waals surface area contributed by atoms with Crippen LogP contribution in [0.15, 0.2) is 152 Å². The van der Waals surface area contributed by atoms with E-state index in [1.807, 2.05) is 101 Å². The number of nitrogens with one attached hydrogen (secondary N) is 1. The summed E-state index contributed by atoms with van der Waals surface area (Å²) >= 11 is 0. The number of aromatic hydroxyl groups is 1. The molecule has 17 heteroatoms. The van der Waals surface area contributed by atoms with Gasteiger partial charge in [-0.25, -0.2) is 19.7 Å². The number of phenols is 1. The van der Waals surface area contributed by atoms with Gasteiger partial charge in [-0.15, -0.1) is 0 Å². The molecule has 1 aromatic heterocycles. The number of imide groups is 1. The fraction of sp³-hybridized carbons (Fsp3) is 0.276. The highest BCUT2D eigenvalue weighted by atomic mass is 16.6. The number of fused-ring (bicyclic) bond motifs is 3. The first-order valence-electron chi connectivity index (χ1n) is 24.6. The number of carbonyl (C=O) groups is 6. The van der Waals surface area contributed by atoms with Gasteiger partial charge in [0.1, 0.15) is 23.3 Å². The van der Waals surface area contributed by atoms with Crippen molar-refractivity contribution in [3.05, 3.63) is 185 Å². The fourth-order valence-corrected chi connectivity index (χ4v) is 11.3. The van der Waals surface area contributed by atoms with Gasteiger partial charge in [0.15, 0.2) is 5.92 Å². The Hall–Kier alpha value is -8.88. The van der Waals surface area contributed by atoms with Gasteiger partial charge in [-0.1, -0.05) is 115 Å². The number of hydrogen-bond donors (Lipinski definition) is 2. The molecule has 7 atom stereocenters. The highest BCUT2D eigenvalue weighted by Crippen LogP contribution is 2.66. The number of benzene rings is 5. The molecule has 4 aliphatic heterocycles. The van der Waals surface area contributed by atoms with Crippen LogP contribution in [0.2, 0.25) is 0 Å². The molecule has 2 N–H and O–H groups in total. The molecule has 5 heterocycles. The van der Waals surface area contributed by atoms with Crippen LogP contribution in [0.25, 0.3) is 0 Å². The summed E-state index contributed by atoms with van der Waals surface area (Å²) < 4.78 is 16.4. The number of anilines is 2. The number of piperazine rings is 1. The number of cyclic esters (lactones) is 1. The Morgan fingerprint density at radius 3 is 2.00 bits per heavy atom. The number of morpholine rings is 1. The highest BCUT2D eigenvalue weighted by Gasteiger charge is 2.76. The number of phenolic OH excluding ortho intramolecular Hbond substituents is 1. The maximum Gasteiger partial charge on any atom is 0.329 e. The van der Waals surface area contributed by atoms with Crippen LogP contribution in [-0.2, 0) is 43.6 Å². The first-order valence-corrected chi connectivity index (χ1v) is 24.6. The van der Waals surface area contributed by atoms with Crippen LogP contribution in [0.1, 0.15) is 71.0 Å². The van der Waals surface area contributed by atoms with E-state index in [2.05, 4.69) is 27.1 Å². The third-order valence-electron chi connectivity index (χ3n) is 14.7. The van der Waals surface area contributed by atoms with Crippen molar-refractivity contribution in [1.29, 1.82) is 0 Å². The lowest BCUT2D eigenvalue weighted by Gasteiger charge is -2.46. The Morgan fingerprint density at radius 2 is 1.37 bits per heavy atom. The van der Waals surface area contributed by atoms with Crippen molar-refractivity contribution >= 4 is 47.4 Å². The normalized spacial score (nSPS) is 22.3. The van der Waals surface area contributed by atoms with Crippen molar-refractivity contribution in [3.63, 3.8) is 0 Å². The summed E-state index contributed by atoms with van der Waals surface area (Å²) in [6, 6.07) is 35.9. The minimum Gasteiger partial charge on any atom is -0.508 e. The molecule has 4 aliphatic rings. The SMILES string of the molecule is COC(=O)C(CC#Cc1ccc2c(c1)C1(C(=O)N2C(=O)NC(C)c2ccccc2)C(C(=O)N2CCN(c3ncccn3)CC2)C2C(=O)OC(c3ccccc3)C(c3ccccc3)N2C1c1ccc(O)cc1)C(=O)OC. The van der Waals surface area contributed by atoms with E-state index in [-0.39, 0.29) is 36.5 Å². The molecule has 380 valence electrons. The summed E-state index contributed by atoms with van der Waals surface area (Å²) in [7, 11) is 2.31. The Labute approximate surface area is 433 Å². The molecule has 0 bridgehead atoms. The molecule has 10 rings (SSSR count). The van der Waals surface area contributed by atoms with E-state index in [0.29, 0.717) is 35.7 Å². The van der Waals surface area contributed by atoms with Crippen LogP contribution < -0.4 is 15.1 Å². The minimum atomic E-state index is -2.11. The van der Waals surface area contributed by atoms with Gasteiger partial charge in [0.05, 0.1) is 44.0 Å². The van der Waals surface area contributed by atoms with E-state index in [0.717, 1.165) is 30.2 Å². The summed E-state index contributed by atoms with van der Waals surface area (Å²) in [6.45, 7) is 2.78. The zero-order valence-electron chi connectivity index (χ0n) is 41.3. The molecule has 17 nitrogen and oxygen atoms in total. The third kappa shape index (κ3) is 8.96. The van der Waals surface area contributed by atoms with Crippen molar-refractivity contribution in [2.45, 2.75) is 49.0 Å². The molecule has 5 aromatic carbocycles. The largest absolute Gasteiger partial charge is 0.508 e. The second-order valence-electron chi connectivity index (χ2n) is 18.8. The van der Waals surface area contributed by atoms with E-state index in [4.69, 9.17) is 14.2 Å². The minimum absolute atomic E-state index is 0.0705. The van der Waals surface area contributed by atoms with Crippen molar-refractivity contribution in [2.24, 2.45) is 11.8 Å². The zero-order valence-corrected chi connectivity index (χ0v) is 41.3. The average molecular weight is 1010 g/mol. The molecule has 6 aromatic rings. The molecule has 0 aliphatic carbocycles. The van der Waals surface area contributed by atoms with E-state index in [9.17, 15) is 14.7 Å². The van der Waals surface area contributed by atoms with Crippen molar-refractivity contribution < 1.29 is 48.1 Å². The Balaban J connectivity index is 1.22. The molecule has 3 fully saturated rings. The quantitative estimate of drug-likeness (QED) is 0.0664. The Kier molecular flexibility index (Phi) is 13.9. The molecular weight excluding hydrogens is 955 g/mol. The molecule has 75 heavy (non-hydrogen) atoms. The number of carbonyl (C=O) groups excluding carboxylic acids is 6. The number of aromatic nitrogens is 2. The second-order valence-corrected chi connectivity index (χ2v) is 18.8. The van der Waals surface area contributed by atoms with Gasteiger partial charge in [-0.05, 0) is 71.1 Å². The number of rotatable bonds is 10. The summed E-state index contributed by atoms with van der Waals surface area (Å²) in [5.41, 5.74) is 1.15. The summed E-state index contributed by atoms with van der Waals surface area (Å²) in [6.07, 6.45) is 2.03. The molecule has 0 radical (unpaired) electrons. The summed E-state index contributed by atoms with van der Waals surface area (Å²) in [5, 5.41) is 13.9. The van der Waals surface area contributed by atoms with Gasteiger partial charge in [0.25, 0.3) is 0 Å². The lowest BCUT2D eigenvalue weighted by molar-refractivity contribution is -0.179. The molecule has 7 unspecified atom stereocenters. The van der Waals surface area contributed by atoms with Gasteiger partial charge in [-0.2, -0.15) is 0 Å². The fourth-order valence-electron chi connectivity index (χ4n) is 11.3. The molecule has 0 saturated carbocycles. The smallest absolute Gasteiger partial charge is 0.329 e. The second kappa shape index (κ2) is 20.9. The number of esters is 3. The number of urea groups is 1. The number of ether oxygens (including phenoxy) is 3. The Bertz CT molecular complexity index is 3170. The zero-order chi connectivity index (χ0) is 52.4. The van der Waals surface area contributed by atoms with Gasteiger partial charge in [0, 0.05) is 50.6 Å². The molecular formula is C58H53N7O10. The van der Waals surface area contributed by atoms with Crippen LogP contribution in [0.4, 0.5) is 16.4 Å². The number of nitrogens with zero attached hydrogens (tertiary/aromatic N) is 6. The number of hydrogen-bond acceptors (Lipinski definition) is 14. The first-order chi connectivity index (χ1) is 36.5.